The predicted molar refractivity (Wildman–Crippen MR) is 94.0 cm³/mol. The molecule has 1 heterocycles. The summed E-state index contributed by atoms with van der Waals surface area (Å²) in [5.74, 6) is -1.89. The number of carbonyl (C=O) groups excluding carboxylic acids is 1. The maximum absolute atomic E-state index is 12.1. The highest BCUT2D eigenvalue weighted by Crippen LogP contribution is 2.10. The quantitative estimate of drug-likeness (QED) is 0.581. The Balaban J connectivity index is 1.76. The Bertz CT molecular complexity index is 545. The average molecular weight is 349 g/mol. The molecule has 1 saturated heterocycles. The van der Waals surface area contributed by atoms with E-state index in [1.165, 1.54) is 0 Å². The third-order valence-electron chi connectivity index (χ3n) is 4.47. The van der Waals surface area contributed by atoms with Crippen LogP contribution in [0, 0.1) is 5.92 Å². The van der Waals surface area contributed by atoms with E-state index in [2.05, 4.69) is 15.1 Å². The van der Waals surface area contributed by atoms with Crippen molar-refractivity contribution in [2.75, 3.05) is 45.9 Å². The topological polar surface area (TPSA) is 93.1 Å². The molecule has 3 N–H and O–H groups in total. The number of carbonyl (C=O) groups is 2. The molecule has 1 aromatic carbocycles. The van der Waals surface area contributed by atoms with Crippen LogP contribution in [0.25, 0.3) is 0 Å². The van der Waals surface area contributed by atoms with Gasteiger partial charge in [0.05, 0.1) is 12.5 Å². The normalized spacial score (nSPS) is 17.2. The van der Waals surface area contributed by atoms with Gasteiger partial charge in [-0.2, -0.15) is 0 Å². The zero-order valence-corrected chi connectivity index (χ0v) is 14.4. The van der Waals surface area contributed by atoms with Crippen molar-refractivity contribution < 1.29 is 19.8 Å². The lowest BCUT2D eigenvalue weighted by molar-refractivity contribution is -0.145. The molecule has 1 fully saturated rings. The minimum atomic E-state index is -0.937. The summed E-state index contributed by atoms with van der Waals surface area (Å²) in [6, 6.07) is 9.55. The number of aliphatic carboxylic acids is 1. The lowest BCUT2D eigenvalue weighted by atomic mass is 10.0. The van der Waals surface area contributed by atoms with Gasteiger partial charge in [0.1, 0.15) is 0 Å². The van der Waals surface area contributed by atoms with Gasteiger partial charge < -0.3 is 15.5 Å². The standard InChI is InChI=1S/C18H27N3O4/c22-11-10-20-6-8-21(9-7-20)14-16(18(24)25)12-17(23)19-13-15-4-2-1-3-5-15/h1-5,16,22H,6-14H2,(H,19,23)(H,24,25). The number of benzene rings is 1. The second-order valence-corrected chi connectivity index (χ2v) is 6.37. The maximum atomic E-state index is 12.1. The van der Waals surface area contributed by atoms with Crippen molar-refractivity contribution in [2.45, 2.75) is 13.0 Å². The highest BCUT2D eigenvalue weighted by molar-refractivity contribution is 5.82. The van der Waals surface area contributed by atoms with E-state index in [4.69, 9.17) is 5.11 Å². The van der Waals surface area contributed by atoms with Crippen LogP contribution < -0.4 is 5.32 Å². The Morgan fingerprint density at radius 1 is 1.08 bits per heavy atom. The number of aliphatic hydroxyl groups is 1. The molecule has 2 rings (SSSR count). The molecule has 0 spiro atoms. The molecular formula is C18H27N3O4. The van der Waals surface area contributed by atoms with E-state index in [-0.39, 0.29) is 18.9 Å². The molecule has 0 aliphatic carbocycles. The number of hydrogen-bond acceptors (Lipinski definition) is 5. The Morgan fingerprint density at radius 2 is 1.72 bits per heavy atom. The van der Waals surface area contributed by atoms with E-state index in [1.54, 1.807) is 0 Å². The number of carboxylic acids is 1. The third-order valence-corrected chi connectivity index (χ3v) is 4.47. The van der Waals surface area contributed by atoms with Gasteiger partial charge in [-0.05, 0) is 5.56 Å². The fourth-order valence-electron chi connectivity index (χ4n) is 2.97. The number of hydrogen-bond donors (Lipinski definition) is 3. The van der Waals surface area contributed by atoms with Gasteiger partial charge in [-0.3, -0.25) is 19.4 Å². The zero-order chi connectivity index (χ0) is 18.1. The lowest BCUT2D eigenvalue weighted by Gasteiger charge is -2.35. The van der Waals surface area contributed by atoms with Gasteiger partial charge in [0, 0.05) is 52.2 Å². The molecule has 1 amide bonds. The molecule has 138 valence electrons. The molecule has 1 unspecified atom stereocenters. The van der Waals surface area contributed by atoms with Crippen LogP contribution in [-0.2, 0) is 16.1 Å². The van der Waals surface area contributed by atoms with E-state index in [0.29, 0.717) is 19.6 Å². The van der Waals surface area contributed by atoms with Crippen molar-refractivity contribution in [1.82, 2.24) is 15.1 Å². The van der Waals surface area contributed by atoms with Crippen molar-refractivity contribution in [3.05, 3.63) is 35.9 Å². The Kier molecular flexibility index (Phi) is 7.84. The van der Waals surface area contributed by atoms with Gasteiger partial charge in [-0.15, -0.1) is 0 Å². The number of aliphatic hydroxyl groups excluding tert-OH is 1. The van der Waals surface area contributed by atoms with E-state index in [0.717, 1.165) is 31.7 Å². The van der Waals surface area contributed by atoms with Crippen molar-refractivity contribution >= 4 is 11.9 Å². The van der Waals surface area contributed by atoms with E-state index >= 15 is 0 Å². The van der Waals surface area contributed by atoms with Gasteiger partial charge >= 0.3 is 5.97 Å². The van der Waals surface area contributed by atoms with Crippen LogP contribution in [0.1, 0.15) is 12.0 Å². The SMILES string of the molecule is O=C(CC(CN1CCN(CCO)CC1)C(=O)O)NCc1ccccc1. The first-order valence-electron chi connectivity index (χ1n) is 8.67. The van der Waals surface area contributed by atoms with Crippen LogP contribution in [0.3, 0.4) is 0 Å². The summed E-state index contributed by atoms with van der Waals surface area (Å²) in [5, 5.41) is 21.2. The van der Waals surface area contributed by atoms with Crippen LogP contribution in [0.2, 0.25) is 0 Å². The van der Waals surface area contributed by atoms with Crippen LogP contribution in [0.5, 0.6) is 0 Å². The summed E-state index contributed by atoms with van der Waals surface area (Å²) in [7, 11) is 0. The molecule has 1 atom stereocenters. The van der Waals surface area contributed by atoms with Crippen molar-refractivity contribution in [2.24, 2.45) is 5.92 Å². The van der Waals surface area contributed by atoms with E-state index in [1.807, 2.05) is 30.3 Å². The first kappa shape index (κ1) is 19.4. The number of rotatable bonds is 9. The number of nitrogens with one attached hydrogen (secondary N) is 1. The number of carboxylic acid groups (broad SMARTS) is 1. The lowest BCUT2D eigenvalue weighted by Crippen LogP contribution is -2.49. The third kappa shape index (κ3) is 6.81. The largest absolute Gasteiger partial charge is 0.481 e. The van der Waals surface area contributed by atoms with Gasteiger partial charge in [0.2, 0.25) is 5.91 Å². The van der Waals surface area contributed by atoms with Crippen LogP contribution >= 0.6 is 0 Å². The fourth-order valence-corrected chi connectivity index (χ4v) is 2.97. The molecule has 0 aromatic heterocycles. The summed E-state index contributed by atoms with van der Waals surface area (Å²) >= 11 is 0. The minimum Gasteiger partial charge on any atom is -0.481 e. The molecular weight excluding hydrogens is 322 g/mol. The highest BCUT2D eigenvalue weighted by atomic mass is 16.4. The summed E-state index contributed by atoms with van der Waals surface area (Å²) in [6.07, 6.45) is -0.0149. The van der Waals surface area contributed by atoms with Gasteiger partial charge in [-0.1, -0.05) is 30.3 Å². The smallest absolute Gasteiger partial charge is 0.308 e. The second-order valence-electron chi connectivity index (χ2n) is 6.37. The number of β-amino-alcohol motifs (C(OH)–C–C–N with tert-alkyl or cyclic N) is 1. The fraction of sp³-hybridized carbons (Fsp3) is 0.556. The number of amides is 1. The van der Waals surface area contributed by atoms with Crippen molar-refractivity contribution in [3.8, 4) is 0 Å². The highest BCUT2D eigenvalue weighted by Gasteiger charge is 2.26. The van der Waals surface area contributed by atoms with Gasteiger partial charge in [0.15, 0.2) is 0 Å². The molecule has 1 aromatic rings. The zero-order valence-electron chi connectivity index (χ0n) is 14.4. The van der Waals surface area contributed by atoms with Gasteiger partial charge in [-0.25, -0.2) is 0 Å². The molecule has 0 radical (unpaired) electrons. The van der Waals surface area contributed by atoms with E-state index in [9.17, 15) is 14.7 Å². The van der Waals surface area contributed by atoms with Crippen LogP contribution in [0.15, 0.2) is 30.3 Å². The number of piperazine rings is 1. The van der Waals surface area contributed by atoms with Gasteiger partial charge in [0.25, 0.3) is 0 Å². The van der Waals surface area contributed by atoms with Crippen molar-refractivity contribution in [3.63, 3.8) is 0 Å². The first-order valence-corrected chi connectivity index (χ1v) is 8.67. The first-order chi connectivity index (χ1) is 12.1. The molecule has 7 heteroatoms. The number of nitrogens with zero attached hydrogens (tertiary/aromatic N) is 2. The Morgan fingerprint density at radius 3 is 2.32 bits per heavy atom. The second kappa shape index (κ2) is 10.1. The predicted octanol–water partition coefficient (Wildman–Crippen LogP) is 0.00360. The summed E-state index contributed by atoms with van der Waals surface area (Å²) in [5.41, 5.74) is 0.989. The summed E-state index contributed by atoms with van der Waals surface area (Å²) in [6.45, 7) is 4.72. The maximum Gasteiger partial charge on any atom is 0.308 e. The minimum absolute atomic E-state index is 0.0149. The molecule has 25 heavy (non-hydrogen) atoms. The van der Waals surface area contributed by atoms with Crippen LogP contribution in [-0.4, -0.2) is 77.8 Å². The average Bonchev–Trinajstić information content (AvgIpc) is 2.62. The van der Waals surface area contributed by atoms with Crippen molar-refractivity contribution in [1.29, 1.82) is 0 Å². The Labute approximate surface area is 148 Å². The molecule has 7 nitrogen and oxygen atoms in total. The van der Waals surface area contributed by atoms with Crippen LogP contribution in [0.4, 0.5) is 0 Å². The summed E-state index contributed by atoms with van der Waals surface area (Å²) < 4.78 is 0. The molecule has 1 aliphatic rings. The van der Waals surface area contributed by atoms with E-state index < -0.39 is 11.9 Å². The Hall–Kier alpha value is -1.96. The molecule has 1 aliphatic heterocycles. The molecule has 0 saturated carbocycles. The monoisotopic (exact) mass is 349 g/mol. The molecule has 0 bridgehead atoms. The summed E-state index contributed by atoms with van der Waals surface area (Å²) in [4.78, 5) is 27.8.